The highest BCUT2D eigenvalue weighted by Gasteiger charge is 2.37. The summed E-state index contributed by atoms with van der Waals surface area (Å²) in [7, 11) is 0. The molecule has 3 aromatic carbocycles. The van der Waals surface area contributed by atoms with Crippen LogP contribution in [-0.2, 0) is 4.79 Å². The predicted octanol–water partition coefficient (Wildman–Crippen LogP) is 6.65. The third kappa shape index (κ3) is 4.74. The molecule has 0 unspecified atom stereocenters. The maximum Gasteiger partial charge on any atom is 0.245 e. The van der Waals surface area contributed by atoms with Crippen LogP contribution < -0.4 is 0 Å². The summed E-state index contributed by atoms with van der Waals surface area (Å²) in [5, 5.41) is 14.5. The standard InChI is InChI=1S/C27H27NO3/c1-27(2)17-19(14-24(29)18-27)15-25(26(28(30)31)21-9-4-3-5-10-21)23-13-12-20-8-6-7-11-22(20)16-23/h3-14,16,25-26H,15,17-18H2,1-2H3/t25-,26+/m1/s1. The minimum Gasteiger partial charge on any atom is -0.295 e. The zero-order valence-electron chi connectivity index (χ0n) is 18.0. The number of rotatable bonds is 6. The average molecular weight is 414 g/mol. The van der Waals surface area contributed by atoms with Crippen molar-refractivity contribution in [2.24, 2.45) is 5.41 Å². The van der Waals surface area contributed by atoms with Crippen LogP contribution in [0.5, 0.6) is 0 Å². The molecule has 0 spiro atoms. The van der Waals surface area contributed by atoms with Crippen LogP contribution >= 0.6 is 0 Å². The first-order valence-electron chi connectivity index (χ1n) is 10.7. The lowest BCUT2D eigenvalue weighted by Gasteiger charge is -2.31. The predicted molar refractivity (Wildman–Crippen MR) is 124 cm³/mol. The van der Waals surface area contributed by atoms with E-state index in [4.69, 9.17) is 0 Å². The van der Waals surface area contributed by atoms with E-state index >= 15 is 0 Å². The fourth-order valence-corrected chi connectivity index (χ4v) is 4.89. The molecule has 0 radical (unpaired) electrons. The van der Waals surface area contributed by atoms with Crippen LogP contribution in [0.4, 0.5) is 0 Å². The zero-order valence-corrected chi connectivity index (χ0v) is 18.0. The molecule has 0 aromatic heterocycles. The third-order valence-corrected chi connectivity index (χ3v) is 6.16. The SMILES string of the molecule is CC1(C)CC(=O)C=C(C[C@H](c2ccc3ccccc3c2)[C@H](c2ccccc2)[N+](=O)[O-])C1. The number of hydrogen-bond acceptors (Lipinski definition) is 3. The average Bonchev–Trinajstić information content (AvgIpc) is 2.72. The molecule has 4 rings (SSSR count). The molecule has 2 atom stereocenters. The van der Waals surface area contributed by atoms with Gasteiger partial charge in [0.15, 0.2) is 5.78 Å². The van der Waals surface area contributed by atoms with Gasteiger partial charge in [-0.25, -0.2) is 0 Å². The molecule has 4 heteroatoms. The molecule has 0 heterocycles. The third-order valence-electron chi connectivity index (χ3n) is 6.16. The van der Waals surface area contributed by atoms with Gasteiger partial charge < -0.3 is 0 Å². The van der Waals surface area contributed by atoms with Gasteiger partial charge in [0.25, 0.3) is 0 Å². The second-order valence-electron chi connectivity index (χ2n) is 9.34. The van der Waals surface area contributed by atoms with Gasteiger partial charge >= 0.3 is 0 Å². The van der Waals surface area contributed by atoms with E-state index in [1.807, 2.05) is 66.7 Å². The van der Waals surface area contributed by atoms with Crippen molar-refractivity contribution in [3.63, 3.8) is 0 Å². The fourth-order valence-electron chi connectivity index (χ4n) is 4.89. The summed E-state index contributed by atoms with van der Waals surface area (Å²) in [5.41, 5.74) is 2.50. The van der Waals surface area contributed by atoms with E-state index in [2.05, 4.69) is 19.9 Å². The zero-order chi connectivity index (χ0) is 22.0. The molecule has 158 valence electrons. The maximum absolute atomic E-state index is 12.3. The molecule has 1 aliphatic carbocycles. The normalized spacial score (nSPS) is 17.7. The largest absolute Gasteiger partial charge is 0.295 e. The van der Waals surface area contributed by atoms with Crippen LogP contribution in [0.3, 0.4) is 0 Å². The minimum absolute atomic E-state index is 0.112. The smallest absolute Gasteiger partial charge is 0.245 e. The van der Waals surface area contributed by atoms with Crippen LogP contribution in [0.1, 0.15) is 56.2 Å². The van der Waals surface area contributed by atoms with E-state index in [-0.39, 0.29) is 22.0 Å². The Kier molecular flexibility index (Phi) is 5.73. The highest BCUT2D eigenvalue weighted by Crippen LogP contribution is 2.43. The quantitative estimate of drug-likeness (QED) is 0.336. The molecule has 1 aliphatic rings. The van der Waals surface area contributed by atoms with Crippen molar-refractivity contribution in [1.29, 1.82) is 0 Å². The van der Waals surface area contributed by atoms with Gasteiger partial charge in [-0.3, -0.25) is 14.9 Å². The fraction of sp³-hybridized carbons (Fsp3) is 0.296. The van der Waals surface area contributed by atoms with Gasteiger partial charge in [-0.2, -0.15) is 0 Å². The first kappa shape index (κ1) is 21.0. The Morgan fingerprint density at radius 2 is 1.58 bits per heavy atom. The lowest BCUT2D eigenvalue weighted by molar-refractivity contribution is -0.533. The Morgan fingerprint density at radius 1 is 0.903 bits per heavy atom. The van der Waals surface area contributed by atoms with Gasteiger partial charge in [-0.15, -0.1) is 0 Å². The Bertz CT molecular complexity index is 1150. The van der Waals surface area contributed by atoms with Crippen molar-refractivity contribution in [2.45, 2.75) is 45.1 Å². The van der Waals surface area contributed by atoms with E-state index in [0.717, 1.165) is 28.3 Å². The monoisotopic (exact) mass is 413 g/mol. The summed E-state index contributed by atoms with van der Waals surface area (Å²) in [4.78, 5) is 24.5. The van der Waals surface area contributed by atoms with Crippen LogP contribution in [-0.4, -0.2) is 10.7 Å². The van der Waals surface area contributed by atoms with Crippen molar-refractivity contribution in [2.75, 3.05) is 0 Å². The van der Waals surface area contributed by atoms with Crippen molar-refractivity contribution < 1.29 is 9.72 Å². The molecule has 0 N–H and O–H groups in total. The second kappa shape index (κ2) is 8.46. The van der Waals surface area contributed by atoms with Crippen molar-refractivity contribution in [3.05, 3.63) is 106 Å². The number of benzene rings is 3. The van der Waals surface area contributed by atoms with Crippen LogP contribution in [0.2, 0.25) is 0 Å². The van der Waals surface area contributed by atoms with Crippen LogP contribution in [0, 0.1) is 15.5 Å². The number of allylic oxidation sites excluding steroid dienone is 2. The van der Waals surface area contributed by atoms with E-state index in [0.29, 0.717) is 18.4 Å². The number of nitro groups is 1. The van der Waals surface area contributed by atoms with Crippen LogP contribution in [0.25, 0.3) is 10.8 Å². The first-order chi connectivity index (χ1) is 14.8. The number of ketones is 1. The Hall–Kier alpha value is -3.27. The van der Waals surface area contributed by atoms with E-state index in [9.17, 15) is 14.9 Å². The highest BCUT2D eigenvalue weighted by atomic mass is 16.6. The van der Waals surface area contributed by atoms with Crippen LogP contribution in [0.15, 0.2) is 84.4 Å². The molecule has 0 saturated heterocycles. The van der Waals surface area contributed by atoms with Crippen molar-refractivity contribution in [3.8, 4) is 0 Å². The number of fused-ring (bicyclic) bond motifs is 1. The molecule has 0 saturated carbocycles. The highest BCUT2D eigenvalue weighted by molar-refractivity contribution is 5.91. The van der Waals surface area contributed by atoms with E-state index in [1.54, 1.807) is 6.08 Å². The number of nitrogens with zero attached hydrogens (tertiary/aromatic N) is 1. The molecule has 4 nitrogen and oxygen atoms in total. The summed E-state index contributed by atoms with van der Waals surface area (Å²) < 4.78 is 0. The molecular weight excluding hydrogens is 386 g/mol. The Labute approximate surface area is 182 Å². The van der Waals surface area contributed by atoms with E-state index in [1.165, 1.54) is 0 Å². The topological polar surface area (TPSA) is 60.2 Å². The van der Waals surface area contributed by atoms with E-state index < -0.39 is 6.04 Å². The second-order valence-corrected chi connectivity index (χ2v) is 9.34. The minimum atomic E-state index is -0.886. The molecule has 0 amide bonds. The Morgan fingerprint density at radius 3 is 2.26 bits per heavy atom. The van der Waals surface area contributed by atoms with Gasteiger partial charge in [-0.1, -0.05) is 92.2 Å². The summed E-state index contributed by atoms with van der Waals surface area (Å²) in [6, 6.07) is 22.5. The molecule has 0 aliphatic heterocycles. The van der Waals surface area contributed by atoms with Gasteiger partial charge in [0.2, 0.25) is 6.04 Å². The summed E-state index contributed by atoms with van der Waals surface area (Å²) in [5.74, 6) is -0.254. The van der Waals surface area contributed by atoms with Crippen molar-refractivity contribution in [1.82, 2.24) is 0 Å². The van der Waals surface area contributed by atoms with Gasteiger partial charge in [0.1, 0.15) is 0 Å². The maximum atomic E-state index is 12.3. The number of hydrogen-bond donors (Lipinski definition) is 0. The van der Waals surface area contributed by atoms with Gasteiger partial charge in [0.05, 0.1) is 5.92 Å². The lowest BCUT2D eigenvalue weighted by atomic mass is 9.73. The molecule has 3 aromatic rings. The van der Waals surface area contributed by atoms with Gasteiger partial charge in [0, 0.05) is 16.9 Å². The summed E-state index contributed by atoms with van der Waals surface area (Å²) >= 11 is 0. The molecule has 0 bridgehead atoms. The van der Waals surface area contributed by atoms with Gasteiger partial charge in [-0.05, 0) is 40.7 Å². The molecule has 0 fully saturated rings. The number of carbonyl (C=O) groups excluding carboxylic acids is 1. The lowest BCUT2D eigenvalue weighted by Crippen LogP contribution is -2.25. The summed E-state index contributed by atoms with van der Waals surface area (Å²) in [6.45, 7) is 4.18. The Balaban J connectivity index is 1.81. The molecule has 31 heavy (non-hydrogen) atoms. The number of carbonyl (C=O) groups is 1. The summed E-state index contributed by atoms with van der Waals surface area (Å²) in [6.07, 6.45) is 3.52. The van der Waals surface area contributed by atoms with Crippen molar-refractivity contribution >= 4 is 16.6 Å². The first-order valence-corrected chi connectivity index (χ1v) is 10.7. The molecular formula is C27H27NO3.